The van der Waals surface area contributed by atoms with Gasteiger partial charge in [-0.15, -0.1) is 0 Å². The number of hydrogen-bond acceptors (Lipinski definition) is 7. The molecule has 7 nitrogen and oxygen atoms in total. The van der Waals surface area contributed by atoms with Gasteiger partial charge in [0.15, 0.2) is 11.5 Å². The van der Waals surface area contributed by atoms with E-state index in [0.29, 0.717) is 27.8 Å². The van der Waals surface area contributed by atoms with Crippen LogP contribution in [0.15, 0.2) is 52.1 Å². The highest BCUT2D eigenvalue weighted by molar-refractivity contribution is 7.98. The van der Waals surface area contributed by atoms with Crippen molar-refractivity contribution in [1.82, 2.24) is 10.1 Å². The molecule has 3 heterocycles. The van der Waals surface area contributed by atoms with Crippen molar-refractivity contribution in [2.24, 2.45) is 0 Å². The van der Waals surface area contributed by atoms with E-state index < -0.39 is 5.79 Å². The smallest absolute Gasteiger partial charge is 0.258 e. The van der Waals surface area contributed by atoms with Gasteiger partial charge in [-0.3, -0.25) is 4.79 Å². The predicted molar refractivity (Wildman–Crippen MR) is 112 cm³/mol. The molecule has 0 unspecified atom stereocenters. The van der Waals surface area contributed by atoms with Crippen molar-refractivity contribution >= 4 is 23.4 Å². The zero-order chi connectivity index (χ0) is 20.6. The number of nitrogens with zero attached hydrogens (tertiary/aromatic N) is 2. The van der Waals surface area contributed by atoms with Crippen LogP contribution in [-0.2, 0) is 5.75 Å². The maximum Gasteiger partial charge on any atom is 0.258 e. The standard InChI is InChI=1S/C22H21N3O4S/c1-14-11-16(25-29-14)13-30-21-17(5-4-10-23-21)20(26)24-15-6-7-18-19(12-15)28-22(27-18)8-2-3-9-22/h4-7,10-12H,2-3,8-9,13H2,1H3,(H,24,26). The van der Waals surface area contributed by atoms with Gasteiger partial charge in [-0.2, -0.15) is 0 Å². The fraction of sp³-hybridized carbons (Fsp3) is 0.318. The molecule has 0 atom stereocenters. The minimum atomic E-state index is -0.516. The number of anilines is 1. The first kappa shape index (κ1) is 19.0. The van der Waals surface area contributed by atoms with Crippen LogP contribution in [0.25, 0.3) is 0 Å². The number of aromatic nitrogens is 2. The van der Waals surface area contributed by atoms with E-state index in [1.54, 1.807) is 18.3 Å². The molecule has 1 aliphatic heterocycles. The number of ether oxygens (including phenoxy) is 2. The summed E-state index contributed by atoms with van der Waals surface area (Å²) in [5.41, 5.74) is 1.98. The number of benzene rings is 1. The molecule has 1 N–H and O–H groups in total. The molecule has 2 aliphatic rings. The van der Waals surface area contributed by atoms with Gasteiger partial charge in [0.2, 0.25) is 0 Å². The number of carbonyl (C=O) groups excluding carboxylic acids is 1. The van der Waals surface area contributed by atoms with Crippen LogP contribution in [0.5, 0.6) is 11.5 Å². The summed E-state index contributed by atoms with van der Waals surface area (Å²) in [7, 11) is 0. The van der Waals surface area contributed by atoms with Gasteiger partial charge in [0.25, 0.3) is 11.7 Å². The number of carbonyl (C=O) groups is 1. The van der Waals surface area contributed by atoms with E-state index in [-0.39, 0.29) is 5.91 Å². The number of aryl methyl sites for hydroxylation is 1. The second-order valence-corrected chi connectivity index (χ2v) is 8.48. The highest BCUT2D eigenvalue weighted by Gasteiger charge is 2.44. The van der Waals surface area contributed by atoms with Gasteiger partial charge in [-0.25, -0.2) is 4.98 Å². The molecule has 30 heavy (non-hydrogen) atoms. The number of amides is 1. The maximum atomic E-state index is 12.9. The first-order valence-electron chi connectivity index (χ1n) is 9.94. The first-order valence-corrected chi connectivity index (χ1v) is 10.9. The molecule has 1 saturated carbocycles. The van der Waals surface area contributed by atoms with E-state index in [4.69, 9.17) is 14.0 Å². The van der Waals surface area contributed by atoms with E-state index in [1.807, 2.05) is 31.2 Å². The van der Waals surface area contributed by atoms with Crippen LogP contribution in [0.2, 0.25) is 0 Å². The lowest BCUT2D eigenvalue weighted by molar-refractivity contribution is -0.0716. The lowest BCUT2D eigenvalue weighted by atomic mass is 10.2. The molecule has 154 valence electrons. The van der Waals surface area contributed by atoms with E-state index in [9.17, 15) is 4.79 Å². The quantitative estimate of drug-likeness (QED) is 0.580. The Bertz CT molecular complexity index is 1090. The Balaban J connectivity index is 1.29. The number of nitrogens with one attached hydrogen (secondary N) is 1. The Kier molecular flexibility index (Phi) is 4.86. The first-order chi connectivity index (χ1) is 14.6. The van der Waals surface area contributed by atoms with Crippen molar-refractivity contribution in [3.05, 3.63) is 59.6 Å². The van der Waals surface area contributed by atoms with Crippen molar-refractivity contribution in [3.8, 4) is 11.5 Å². The topological polar surface area (TPSA) is 86.5 Å². The molecule has 0 saturated heterocycles. The Morgan fingerprint density at radius 1 is 1.17 bits per heavy atom. The third kappa shape index (κ3) is 3.75. The predicted octanol–water partition coefficient (Wildman–Crippen LogP) is 4.96. The summed E-state index contributed by atoms with van der Waals surface area (Å²) in [6.07, 6.45) is 5.67. The maximum absolute atomic E-state index is 12.9. The van der Waals surface area contributed by atoms with Crippen LogP contribution in [-0.4, -0.2) is 21.8 Å². The zero-order valence-corrected chi connectivity index (χ0v) is 17.3. The normalized spacial score (nSPS) is 16.2. The van der Waals surface area contributed by atoms with Crippen molar-refractivity contribution in [2.75, 3.05) is 5.32 Å². The van der Waals surface area contributed by atoms with Gasteiger partial charge in [0.1, 0.15) is 10.8 Å². The summed E-state index contributed by atoms with van der Waals surface area (Å²) in [6, 6.07) is 10.9. The van der Waals surface area contributed by atoms with E-state index in [2.05, 4.69) is 15.5 Å². The monoisotopic (exact) mass is 423 g/mol. The average molecular weight is 423 g/mol. The van der Waals surface area contributed by atoms with Crippen LogP contribution in [0.4, 0.5) is 5.69 Å². The van der Waals surface area contributed by atoms with Crippen LogP contribution < -0.4 is 14.8 Å². The van der Waals surface area contributed by atoms with Gasteiger partial charge < -0.3 is 19.3 Å². The molecular weight excluding hydrogens is 402 g/mol. The van der Waals surface area contributed by atoms with Gasteiger partial charge in [-0.05, 0) is 44.0 Å². The van der Waals surface area contributed by atoms with Gasteiger partial charge in [0, 0.05) is 42.6 Å². The summed E-state index contributed by atoms with van der Waals surface area (Å²) in [5, 5.41) is 7.57. The number of rotatable bonds is 5. The molecule has 8 heteroatoms. The number of hydrogen-bond donors (Lipinski definition) is 1. The number of fused-ring (bicyclic) bond motifs is 1. The second kappa shape index (κ2) is 7.68. The fourth-order valence-corrected chi connectivity index (χ4v) is 4.67. The third-order valence-corrected chi connectivity index (χ3v) is 6.25. The van der Waals surface area contributed by atoms with Crippen LogP contribution in [0.3, 0.4) is 0 Å². The molecule has 1 amide bonds. The molecule has 1 aliphatic carbocycles. The molecule has 3 aromatic rings. The molecule has 0 radical (unpaired) electrons. The third-order valence-electron chi connectivity index (χ3n) is 5.21. The summed E-state index contributed by atoms with van der Waals surface area (Å²) >= 11 is 1.45. The minimum Gasteiger partial charge on any atom is -0.448 e. The molecule has 1 fully saturated rings. The zero-order valence-electron chi connectivity index (χ0n) is 16.5. The Labute approximate surface area is 178 Å². The highest BCUT2D eigenvalue weighted by atomic mass is 32.2. The van der Waals surface area contributed by atoms with E-state index in [1.165, 1.54) is 11.8 Å². The number of thioether (sulfide) groups is 1. The van der Waals surface area contributed by atoms with Crippen molar-refractivity contribution in [3.63, 3.8) is 0 Å². The summed E-state index contributed by atoms with van der Waals surface area (Å²) in [4.78, 5) is 17.3. The minimum absolute atomic E-state index is 0.226. The second-order valence-electron chi connectivity index (χ2n) is 7.51. The fourth-order valence-electron chi connectivity index (χ4n) is 3.79. The Hall–Kier alpha value is -3.00. The largest absolute Gasteiger partial charge is 0.448 e. The van der Waals surface area contributed by atoms with Crippen molar-refractivity contribution in [1.29, 1.82) is 0 Å². The Morgan fingerprint density at radius 3 is 2.80 bits per heavy atom. The van der Waals surface area contributed by atoms with Crippen molar-refractivity contribution < 1.29 is 18.8 Å². The van der Waals surface area contributed by atoms with Crippen LogP contribution >= 0.6 is 11.8 Å². The molecule has 0 bridgehead atoms. The lowest BCUT2D eigenvalue weighted by Crippen LogP contribution is -2.34. The van der Waals surface area contributed by atoms with Gasteiger partial charge in [-0.1, -0.05) is 16.9 Å². The molecule has 1 spiro atoms. The SMILES string of the molecule is Cc1cc(CSc2ncccc2C(=O)Nc2ccc3c(c2)OC2(CCCC2)O3)no1. The molecule has 5 rings (SSSR count). The average Bonchev–Trinajstić information content (AvgIpc) is 3.46. The Morgan fingerprint density at radius 2 is 2.00 bits per heavy atom. The van der Waals surface area contributed by atoms with Crippen molar-refractivity contribution in [2.45, 2.75) is 49.2 Å². The molecule has 2 aromatic heterocycles. The van der Waals surface area contributed by atoms with Gasteiger partial charge >= 0.3 is 0 Å². The number of pyridine rings is 1. The molecule has 1 aromatic carbocycles. The van der Waals surface area contributed by atoms with Gasteiger partial charge in [0.05, 0.1) is 11.3 Å². The molecular formula is C22H21N3O4S. The lowest BCUT2D eigenvalue weighted by Gasteiger charge is -2.21. The summed E-state index contributed by atoms with van der Waals surface area (Å²) in [6.45, 7) is 1.85. The van der Waals surface area contributed by atoms with Crippen LogP contribution in [0.1, 0.15) is 47.5 Å². The summed E-state index contributed by atoms with van der Waals surface area (Å²) < 4.78 is 17.2. The van der Waals surface area contributed by atoms with Crippen LogP contribution in [0, 0.1) is 6.92 Å². The van der Waals surface area contributed by atoms with E-state index in [0.717, 1.165) is 42.9 Å². The highest BCUT2D eigenvalue weighted by Crippen LogP contribution is 2.47. The van der Waals surface area contributed by atoms with E-state index >= 15 is 0 Å². The summed E-state index contributed by atoms with van der Waals surface area (Å²) in [5.74, 6) is 1.99.